The highest BCUT2D eigenvalue weighted by Crippen LogP contribution is 2.17. The van der Waals surface area contributed by atoms with E-state index in [0.29, 0.717) is 0 Å². The van der Waals surface area contributed by atoms with Gasteiger partial charge in [0.15, 0.2) is 0 Å². The first-order chi connectivity index (χ1) is 16.3. The predicted octanol–water partition coefficient (Wildman–Crippen LogP) is 9.86. The van der Waals surface area contributed by atoms with E-state index in [2.05, 4.69) is 67.4 Å². The zero-order chi connectivity index (χ0) is 23.4. The van der Waals surface area contributed by atoms with Crippen LogP contribution in [0.15, 0.2) is 53.5 Å². The summed E-state index contributed by atoms with van der Waals surface area (Å²) in [5, 5.41) is 0. The summed E-state index contributed by atoms with van der Waals surface area (Å²) in [7, 11) is 0. The number of benzene rings is 2. The number of rotatable bonds is 19. The smallest absolute Gasteiger partial charge is 0.119 e. The van der Waals surface area contributed by atoms with Gasteiger partial charge >= 0.3 is 0 Å². The molecule has 2 aromatic rings. The number of hydrogen-bond acceptors (Lipinski definition) is 2. The van der Waals surface area contributed by atoms with Crippen LogP contribution in [-0.2, 0) is 6.42 Å². The molecule has 0 aromatic heterocycles. The van der Waals surface area contributed by atoms with Gasteiger partial charge in [0.2, 0.25) is 0 Å². The van der Waals surface area contributed by atoms with Crippen LogP contribution in [0, 0.1) is 0 Å². The Hall–Kier alpha value is -2.09. The van der Waals surface area contributed by atoms with Gasteiger partial charge in [-0.1, -0.05) is 103 Å². The first kappa shape index (κ1) is 27.2. The molecular weight excluding hydrogens is 402 g/mol. The third-order valence-corrected chi connectivity index (χ3v) is 6.26. The van der Waals surface area contributed by atoms with Crippen molar-refractivity contribution >= 4 is 11.9 Å². The molecule has 0 N–H and O–H groups in total. The fraction of sp³-hybridized carbons (Fsp3) is 0.581. The molecule has 0 aliphatic carbocycles. The Kier molecular flexibility index (Phi) is 15.1. The summed E-state index contributed by atoms with van der Waals surface area (Å²) in [6.45, 7) is 5.35. The van der Waals surface area contributed by atoms with Crippen molar-refractivity contribution in [3.8, 4) is 5.75 Å². The quantitative estimate of drug-likeness (QED) is 0.154. The number of unbranched alkanes of at least 4 members (excludes halogenated alkanes) is 12. The van der Waals surface area contributed by atoms with E-state index in [-0.39, 0.29) is 0 Å². The lowest BCUT2D eigenvalue weighted by Gasteiger charge is -2.06. The van der Waals surface area contributed by atoms with Crippen LogP contribution in [0.4, 0.5) is 5.69 Å². The normalized spacial score (nSPS) is 11.3. The number of aryl methyl sites for hydroxylation is 1. The molecule has 0 heterocycles. The van der Waals surface area contributed by atoms with E-state index in [9.17, 15) is 0 Å². The zero-order valence-electron chi connectivity index (χ0n) is 21.4. The van der Waals surface area contributed by atoms with E-state index >= 15 is 0 Å². The molecule has 0 fully saturated rings. The van der Waals surface area contributed by atoms with Gasteiger partial charge in [0.1, 0.15) is 5.75 Å². The molecule has 0 aliphatic rings. The topological polar surface area (TPSA) is 21.6 Å². The van der Waals surface area contributed by atoms with E-state index in [0.717, 1.165) is 30.0 Å². The molecule has 0 spiro atoms. The Balaban J connectivity index is 1.61. The first-order valence-electron chi connectivity index (χ1n) is 13.7. The highest BCUT2D eigenvalue weighted by molar-refractivity contribution is 5.82. The number of hydrogen-bond donors (Lipinski definition) is 0. The minimum absolute atomic E-state index is 0.813. The molecule has 0 aliphatic heterocycles. The number of aliphatic imine (C=N–C) groups is 1. The highest BCUT2D eigenvalue weighted by atomic mass is 16.5. The first-order valence-corrected chi connectivity index (χ1v) is 13.7. The Labute approximate surface area is 203 Å². The van der Waals surface area contributed by atoms with Crippen molar-refractivity contribution in [2.24, 2.45) is 4.99 Å². The van der Waals surface area contributed by atoms with Crippen LogP contribution < -0.4 is 4.74 Å². The van der Waals surface area contributed by atoms with Gasteiger partial charge in [-0.05, 0) is 66.8 Å². The van der Waals surface area contributed by atoms with Crippen LogP contribution in [-0.4, -0.2) is 12.8 Å². The summed E-state index contributed by atoms with van der Waals surface area (Å²) in [5.41, 5.74) is 3.53. The van der Waals surface area contributed by atoms with Crippen molar-refractivity contribution in [2.45, 2.75) is 110 Å². The van der Waals surface area contributed by atoms with Crippen molar-refractivity contribution in [1.29, 1.82) is 0 Å². The van der Waals surface area contributed by atoms with E-state index in [1.807, 2.05) is 6.21 Å². The summed E-state index contributed by atoms with van der Waals surface area (Å²) >= 11 is 0. The van der Waals surface area contributed by atoms with Gasteiger partial charge in [-0.25, -0.2) is 0 Å². The van der Waals surface area contributed by atoms with E-state index in [1.54, 1.807) is 0 Å². The van der Waals surface area contributed by atoms with E-state index in [1.165, 1.54) is 95.5 Å². The largest absolute Gasteiger partial charge is 0.494 e. The lowest BCUT2D eigenvalue weighted by molar-refractivity contribution is 0.304. The maximum absolute atomic E-state index is 5.90. The second-order valence-corrected chi connectivity index (χ2v) is 9.33. The van der Waals surface area contributed by atoms with Crippen LogP contribution in [0.25, 0.3) is 0 Å². The van der Waals surface area contributed by atoms with E-state index < -0.39 is 0 Å². The second kappa shape index (κ2) is 18.3. The molecule has 33 heavy (non-hydrogen) atoms. The standard InChI is InChI=1S/C31H47NO/c1-3-5-7-9-11-12-14-16-26-33-31-24-20-29(21-25-31)27-32-30-22-18-28(19-23-30)17-15-13-10-8-6-4-2/h18-25,27H,3-17,26H2,1-2H3. The molecule has 0 atom stereocenters. The Bertz CT molecular complexity index is 733. The van der Waals surface area contributed by atoms with E-state index in [4.69, 9.17) is 4.74 Å². The van der Waals surface area contributed by atoms with Crippen molar-refractivity contribution in [1.82, 2.24) is 0 Å². The van der Waals surface area contributed by atoms with Gasteiger partial charge in [0, 0.05) is 6.21 Å². The molecule has 2 aromatic carbocycles. The molecule has 0 radical (unpaired) electrons. The molecule has 2 nitrogen and oxygen atoms in total. The lowest BCUT2D eigenvalue weighted by atomic mass is 10.0. The maximum Gasteiger partial charge on any atom is 0.119 e. The van der Waals surface area contributed by atoms with Gasteiger partial charge < -0.3 is 4.74 Å². The Morgan fingerprint density at radius 2 is 1.15 bits per heavy atom. The van der Waals surface area contributed by atoms with Gasteiger partial charge in [0.25, 0.3) is 0 Å². The van der Waals surface area contributed by atoms with Crippen molar-refractivity contribution in [3.63, 3.8) is 0 Å². The van der Waals surface area contributed by atoms with Gasteiger partial charge in [-0.3, -0.25) is 4.99 Å². The monoisotopic (exact) mass is 449 g/mol. The highest BCUT2D eigenvalue weighted by Gasteiger charge is 1.98. The molecule has 0 saturated carbocycles. The second-order valence-electron chi connectivity index (χ2n) is 9.33. The molecule has 0 saturated heterocycles. The van der Waals surface area contributed by atoms with Crippen LogP contribution in [0.3, 0.4) is 0 Å². The predicted molar refractivity (Wildman–Crippen MR) is 145 cm³/mol. The van der Waals surface area contributed by atoms with Crippen LogP contribution in [0.5, 0.6) is 5.75 Å². The molecule has 0 amide bonds. The molecule has 0 unspecified atom stereocenters. The number of ether oxygens (including phenoxy) is 1. The SMILES string of the molecule is CCCCCCCCCCOc1ccc(C=Nc2ccc(CCCCCCCC)cc2)cc1. The Morgan fingerprint density at radius 1 is 0.606 bits per heavy atom. The van der Waals surface area contributed by atoms with Crippen LogP contribution >= 0.6 is 0 Å². The third kappa shape index (κ3) is 13.3. The molecule has 0 bridgehead atoms. The van der Waals surface area contributed by atoms with Gasteiger partial charge in [-0.15, -0.1) is 0 Å². The zero-order valence-corrected chi connectivity index (χ0v) is 21.4. The van der Waals surface area contributed by atoms with Crippen molar-refractivity contribution in [3.05, 3.63) is 59.7 Å². The summed E-state index contributed by atoms with van der Waals surface area (Å²) in [4.78, 5) is 4.63. The summed E-state index contributed by atoms with van der Waals surface area (Å²) in [6, 6.07) is 17.0. The molecule has 182 valence electrons. The molecule has 2 heteroatoms. The fourth-order valence-corrected chi connectivity index (χ4v) is 4.08. The average molecular weight is 450 g/mol. The molecule has 2 rings (SSSR count). The van der Waals surface area contributed by atoms with Crippen LogP contribution in [0.1, 0.15) is 115 Å². The van der Waals surface area contributed by atoms with Gasteiger partial charge in [-0.2, -0.15) is 0 Å². The molecular formula is C31H47NO. The van der Waals surface area contributed by atoms with Crippen molar-refractivity contribution in [2.75, 3.05) is 6.61 Å². The average Bonchev–Trinajstić information content (AvgIpc) is 2.85. The Morgan fingerprint density at radius 3 is 1.76 bits per heavy atom. The minimum atomic E-state index is 0.813. The fourth-order valence-electron chi connectivity index (χ4n) is 4.08. The summed E-state index contributed by atoms with van der Waals surface area (Å²) < 4.78 is 5.90. The lowest BCUT2D eigenvalue weighted by Crippen LogP contribution is -1.97. The third-order valence-electron chi connectivity index (χ3n) is 6.26. The van der Waals surface area contributed by atoms with Gasteiger partial charge in [0.05, 0.1) is 12.3 Å². The number of nitrogens with zero attached hydrogens (tertiary/aromatic N) is 1. The summed E-state index contributed by atoms with van der Waals surface area (Å²) in [6.07, 6.45) is 21.8. The summed E-state index contributed by atoms with van der Waals surface area (Å²) in [5.74, 6) is 0.953. The van der Waals surface area contributed by atoms with Crippen molar-refractivity contribution < 1.29 is 4.74 Å². The minimum Gasteiger partial charge on any atom is -0.494 e. The maximum atomic E-state index is 5.90. The van der Waals surface area contributed by atoms with Crippen LogP contribution in [0.2, 0.25) is 0 Å².